The fraction of sp³-hybridized carbons (Fsp3) is 0.818. The highest BCUT2D eigenvalue weighted by Crippen LogP contribution is 2.21. The fourth-order valence-corrected chi connectivity index (χ4v) is 2.33. The molecule has 0 radical (unpaired) electrons. The van der Waals surface area contributed by atoms with E-state index in [1.165, 1.54) is 7.05 Å². The molecule has 0 aliphatic carbocycles. The molecule has 2 atom stereocenters. The molecule has 1 aliphatic rings. The number of amides is 3. The number of hydrogen-bond acceptors (Lipinski definition) is 4. The average Bonchev–Trinajstić information content (AvgIpc) is 2.29. The Morgan fingerprint density at radius 2 is 2.11 bits per heavy atom. The van der Waals surface area contributed by atoms with Crippen molar-refractivity contribution in [3.63, 3.8) is 0 Å². The second-order valence-corrected chi connectivity index (χ2v) is 4.52. The molecule has 18 heavy (non-hydrogen) atoms. The van der Waals surface area contributed by atoms with Crippen molar-refractivity contribution < 1.29 is 9.59 Å². The predicted octanol–water partition coefficient (Wildman–Crippen LogP) is -0.0770. The number of carbonyl (C=O) groups is 2. The Hall–Kier alpha value is -0.850. The lowest BCUT2D eigenvalue weighted by molar-refractivity contribution is -0.122. The van der Waals surface area contributed by atoms with Gasteiger partial charge in [-0.2, -0.15) is 0 Å². The number of urea groups is 1. The summed E-state index contributed by atoms with van der Waals surface area (Å²) in [4.78, 5) is 24.6. The Labute approximate surface area is 114 Å². The van der Waals surface area contributed by atoms with E-state index in [1.807, 2.05) is 0 Å². The number of carbonyl (C=O) groups excluding carboxylic acids is 2. The minimum absolute atomic E-state index is 0. The van der Waals surface area contributed by atoms with Gasteiger partial charge >= 0.3 is 6.03 Å². The monoisotopic (exact) mass is 278 g/mol. The first kappa shape index (κ1) is 17.2. The summed E-state index contributed by atoms with van der Waals surface area (Å²) in [5.74, 6) is 0.221. The Kier molecular flexibility index (Phi) is 7.90. The Morgan fingerprint density at radius 3 is 2.67 bits per heavy atom. The standard InChI is InChI=1S/C11H22N4O2.ClH/c1-8-4-3-5-15(9(8)6-12)7-10(16)14-11(17)13-2;/h8-9H,3-7,12H2,1-2H3,(H2,13,14,16,17);1H. The number of nitrogens with two attached hydrogens (primary N) is 1. The molecule has 0 bridgehead atoms. The maximum absolute atomic E-state index is 11.6. The van der Waals surface area contributed by atoms with Crippen molar-refractivity contribution in [2.45, 2.75) is 25.8 Å². The van der Waals surface area contributed by atoms with E-state index in [0.29, 0.717) is 12.5 Å². The minimum Gasteiger partial charge on any atom is -0.341 e. The van der Waals surface area contributed by atoms with Crippen molar-refractivity contribution in [2.75, 3.05) is 26.7 Å². The Bertz CT molecular complexity index is 288. The molecule has 0 spiro atoms. The highest BCUT2D eigenvalue weighted by atomic mass is 35.5. The molecule has 0 aromatic heterocycles. The summed E-state index contributed by atoms with van der Waals surface area (Å²) in [6.45, 7) is 3.81. The number of piperidine rings is 1. The van der Waals surface area contributed by atoms with Gasteiger partial charge in [0.2, 0.25) is 5.91 Å². The molecule has 0 aromatic rings. The van der Waals surface area contributed by atoms with E-state index in [9.17, 15) is 9.59 Å². The van der Waals surface area contributed by atoms with E-state index in [2.05, 4.69) is 22.5 Å². The molecule has 1 heterocycles. The lowest BCUT2D eigenvalue weighted by atomic mass is 9.91. The van der Waals surface area contributed by atoms with Crippen LogP contribution in [0.3, 0.4) is 0 Å². The third-order valence-corrected chi connectivity index (χ3v) is 3.30. The Balaban J connectivity index is 0.00000289. The molecule has 1 saturated heterocycles. The third-order valence-electron chi connectivity index (χ3n) is 3.30. The molecule has 1 aliphatic heterocycles. The highest BCUT2D eigenvalue weighted by Gasteiger charge is 2.28. The summed E-state index contributed by atoms with van der Waals surface area (Å²) in [6, 6.07) is -0.233. The summed E-state index contributed by atoms with van der Waals surface area (Å²) in [5.41, 5.74) is 5.73. The molecule has 106 valence electrons. The number of nitrogens with zero attached hydrogens (tertiary/aromatic N) is 1. The molecule has 4 N–H and O–H groups in total. The average molecular weight is 279 g/mol. The summed E-state index contributed by atoms with van der Waals surface area (Å²) >= 11 is 0. The van der Waals surface area contributed by atoms with Crippen LogP contribution < -0.4 is 16.4 Å². The Morgan fingerprint density at radius 1 is 1.44 bits per heavy atom. The van der Waals surface area contributed by atoms with E-state index in [1.54, 1.807) is 0 Å². The first-order chi connectivity index (χ1) is 8.08. The maximum Gasteiger partial charge on any atom is 0.321 e. The van der Waals surface area contributed by atoms with Crippen LogP contribution in [0, 0.1) is 5.92 Å². The van der Waals surface area contributed by atoms with E-state index in [0.717, 1.165) is 19.4 Å². The maximum atomic E-state index is 11.6. The van der Waals surface area contributed by atoms with Gasteiger partial charge in [-0.1, -0.05) is 6.92 Å². The molecule has 2 unspecified atom stereocenters. The largest absolute Gasteiger partial charge is 0.341 e. The number of imide groups is 1. The number of hydrogen-bond donors (Lipinski definition) is 3. The zero-order valence-electron chi connectivity index (χ0n) is 10.9. The van der Waals surface area contributed by atoms with Crippen LogP contribution in [0.5, 0.6) is 0 Å². The number of nitrogens with one attached hydrogen (secondary N) is 2. The van der Waals surface area contributed by atoms with Gasteiger partial charge in [0.1, 0.15) is 0 Å². The first-order valence-corrected chi connectivity index (χ1v) is 6.04. The van der Waals surface area contributed by atoms with Crippen LogP contribution in [-0.2, 0) is 4.79 Å². The molecular formula is C11H23ClN4O2. The SMILES string of the molecule is CNC(=O)NC(=O)CN1CCCC(C)C1CN.Cl. The summed E-state index contributed by atoms with van der Waals surface area (Å²) < 4.78 is 0. The van der Waals surface area contributed by atoms with Crippen LogP contribution in [0.4, 0.5) is 4.79 Å². The molecule has 0 aromatic carbocycles. The third kappa shape index (κ3) is 4.80. The zero-order valence-corrected chi connectivity index (χ0v) is 11.8. The van der Waals surface area contributed by atoms with E-state index < -0.39 is 6.03 Å². The van der Waals surface area contributed by atoms with Gasteiger partial charge in [0.05, 0.1) is 6.54 Å². The van der Waals surface area contributed by atoms with Crippen LogP contribution in [0.1, 0.15) is 19.8 Å². The molecule has 7 heteroatoms. The number of likely N-dealkylation sites (tertiary alicyclic amines) is 1. The van der Waals surface area contributed by atoms with Crippen LogP contribution in [0.25, 0.3) is 0 Å². The summed E-state index contributed by atoms with van der Waals surface area (Å²) in [5, 5.41) is 4.62. The quantitative estimate of drug-likeness (QED) is 0.674. The highest BCUT2D eigenvalue weighted by molar-refractivity contribution is 5.95. The predicted molar refractivity (Wildman–Crippen MR) is 72.7 cm³/mol. The second kappa shape index (κ2) is 8.29. The first-order valence-electron chi connectivity index (χ1n) is 6.04. The van der Waals surface area contributed by atoms with E-state index in [4.69, 9.17) is 5.73 Å². The molecule has 0 saturated carbocycles. The summed E-state index contributed by atoms with van der Waals surface area (Å²) in [6.07, 6.45) is 2.22. The molecule has 3 amide bonds. The van der Waals surface area contributed by atoms with Gasteiger partial charge in [-0.3, -0.25) is 15.0 Å². The number of halogens is 1. The zero-order chi connectivity index (χ0) is 12.8. The van der Waals surface area contributed by atoms with Crippen molar-refractivity contribution >= 4 is 24.3 Å². The van der Waals surface area contributed by atoms with Gasteiger partial charge in [-0.05, 0) is 25.3 Å². The van der Waals surface area contributed by atoms with Crippen molar-refractivity contribution in [1.29, 1.82) is 0 Å². The molecular weight excluding hydrogens is 256 g/mol. The van der Waals surface area contributed by atoms with Crippen molar-refractivity contribution in [1.82, 2.24) is 15.5 Å². The fourth-order valence-electron chi connectivity index (χ4n) is 2.33. The van der Waals surface area contributed by atoms with Gasteiger partial charge < -0.3 is 11.1 Å². The van der Waals surface area contributed by atoms with Crippen LogP contribution in [-0.4, -0.2) is 49.6 Å². The molecule has 1 fully saturated rings. The van der Waals surface area contributed by atoms with Gasteiger partial charge in [0.15, 0.2) is 0 Å². The van der Waals surface area contributed by atoms with Gasteiger partial charge in [-0.25, -0.2) is 4.79 Å². The second-order valence-electron chi connectivity index (χ2n) is 4.52. The lowest BCUT2D eigenvalue weighted by Crippen LogP contribution is -2.53. The lowest BCUT2D eigenvalue weighted by Gasteiger charge is -2.38. The van der Waals surface area contributed by atoms with Crippen LogP contribution >= 0.6 is 12.4 Å². The van der Waals surface area contributed by atoms with Crippen molar-refractivity contribution in [3.8, 4) is 0 Å². The molecule has 6 nitrogen and oxygen atoms in total. The van der Waals surface area contributed by atoms with Crippen LogP contribution in [0.15, 0.2) is 0 Å². The normalized spacial score (nSPS) is 23.9. The van der Waals surface area contributed by atoms with Gasteiger partial charge in [0, 0.05) is 19.6 Å². The smallest absolute Gasteiger partial charge is 0.321 e. The van der Waals surface area contributed by atoms with Crippen molar-refractivity contribution in [3.05, 3.63) is 0 Å². The van der Waals surface area contributed by atoms with Gasteiger partial charge in [-0.15, -0.1) is 12.4 Å². The summed E-state index contributed by atoms with van der Waals surface area (Å²) in [7, 11) is 1.48. The van der Waals surface area contributed by atoms with E-state index >= 15 is 0 Å². The topological polar surface area (TPSA) is 87.5 Å². The van der Waals surface area contributed by atoms with Crippen molar-refractivity contribution in [2.24, 2.45) is 11.7 Å². The number of rotatable bonds is 3. The van der Waals surface area contributed by atoms with Crippen LogP contribution in [0.2, 0.25) is 0 Å². The van der Waals surface area contributed by atoms with E-state index in [-0.39, 0.29) is 30.9 Å². The minimum atomic E-state index is -0.468. The van der Waals surface area contributed by atoms with Gasteiger partial charge in [0.25, 0.3) is 0 Å². The molecule has 1 rings (SSSR count).